The lowest BCUT2D eigenvalue weighted by Gasteiger charge is -2.13. The quantitative estimate of drug-likeness (QED) is 0.837. The van der Waals surface area contributed by atoms with Crippen LogP contribution in [0.2, 0.25) is 5.02 Å². The first-order chi connectivity index (χ1) is 6.86. The summed E-state index contributed by atoms with van der Waals surface area (Å²) in [6.07, 6.45) is -4.39. The Morgan fingerprint density at radius 2 is 2.00 bits per heavy atom. The fourth-order valence-corrected chi connectivity index (χ4v) is 1.39. The first kappa shape index (κ1) is 12.3. The molecule has 5 heteroatoms. The van der Waals surface area contributed by atoms with E-state index in [2.05, 4.69) is 0 Å². The molecule has 0 amide bonds. The van der Waals surface area contributed by atoms with Gasteiger partial charge in [0, 0.05) is 10.9 Å². The number of halogens is 4. The average Bonchev–Trinajstić information content (AvgIpc) is 2.15. The van der Waals surface area contributed by atoms with Crippen molar-refractivity contribution < 1.29 is 18.3 Å². The number of alkyl halides is 3. The number of aliphatic hydroxyl groups is 1. The largest absolute Gasteiger partial charge is 0.416 e. The highest BCUT2D eigenvalue weighted by Crippen LogP contribution is 2.33. The highest BCUT2D eigenvalue weighted by atomic mass is 35.5. The zero-order chi connectivity index (χ0) is 11.6. The van der Waals surface area contributed by atoms with Crippen LogP contribution in [0.25, 0.3) is 0 Å². The summed E-state index contributed by atoms with van der Waals surface area (Å²) >= 11 is 5.72. The molecule has 0 bridgehead atoms. The Morgan fingerprint density at radius 3 is 2.47 bits per heavy atom. The molecule has 1 aromatic carbocycles. The van der Waals surface area contributed by atoms with Crippen LogP contribution in [0.4, 0.5) is 13.2 Å². The van der Waals surface area contributed by atoms with E-state index in [1.807, 2.05) is 0 Å². The number of aliphatic hydroxyl groups excluding tert-OH is 1. The molecule has 1 aromatic rings. The van der Waals surface area contributed by atoms with Crippen LogP contribution in [0.5, 0.6) is 0 Å². The first-order valence-corrected chi connectivity index (χ1v) is 4.54. The summed E-state index contributed by atoms with van der Waals surface area (Å²) in [4.78, 5) is 0. The molecule has 83 valence electrons. The Labute approximate surface area is 90.5 Å². The summed E-state index contributed by atoms with van der Waals surface area (Å²) in [6, 6.07) is 3.03. The predicted octanol–water partition coefficient (Wildman–Crippen LogP) is 3.29. The van der Waals surface area contributed by atoms with Crippen LogP contribution in [0, 0.1) is 5.92 Å². The number of hydrogen-bond donors (Lipinski definition) is 1. The molecule has 0 unspecified atom stereocenters. The van der Waals surface area contributed by atoms with Crippen LogP contribution in [0.3, 0.4) is 0 Å². The molecule has 1 radical (unpaired) electrons. The molecule has 0 aliphatic rings. The molecule has 0 heterocycles. The van der Waals surface area contributed by atoms with Gasteiger partial charge in [-0.2, -0.15) is 13.2 Å². The van der Waals surface area contributed by atoms with Crippen molar-refractivity contribution in [2.75, 3.05) is 6.61 Å². The minimum Gasteiger partial charge on any atom is -0.395 e. The highest BCUT2D eigenvalue weighted by molar-refractivity contribution is 6.31. The van der Waals surface area contributed by atoms with Crippen LogP contribution >= 0.6 is 11.6 Å². The van der Waals surface area contributed by atoms with Gasteiger partial charge >= 0.3 is 6.18 Å². The number of rotatable bonds is 2. The Hall–Kier alpha value is -0.740. The van der Waals surface area contributed by atoms with Crippen LogP contribution in [0.1, 0.15) is 18.1 Å². The Morgan fingerprint density at radius 1 is 1.40 bits per heavy atom. The fourth-order valence-electron chi connectivity index (χ4n) is 1.11. The minimum absolute atomic E-state index is 0.203. The molecule has 0 atom stereocenters. The fraction of sp³-hybridized carbons (Fsp3) is 0.300. The van der Waals surface area contributed by atoms with E-state index in [1.165, 1.54) is 13.0 Å². The molecule has 0 aromatic heterocycles. The minimum atomic E-state index is -4.39. The topological polar surface area (TPSA) is 20.2 Å². The molecule has 1 N–H and O–H groups in total. The zero-order valence-electron chi connectivity index (χ0n) is 7.90. The second-order valence-corrected chi connectivity index (χ2v) is 3.54. The zero-order valence-corrected chi connectivity index (χ0v) is 8.65. The summed E-state index contributed by atoms with van der Waals surface area (Å²) in [5, 5.41) is 9.03. The third-order valence-corrected chi connectivity index (χ3v) is 2.32. The maximum atomic E-state index is 12.4. The van der Waals surface area contributed by atoms with Crippen molar-refractivity contribution in [2.24, 2.45) is 0 Å². The van der Waals surface area contributed by atoms with Crippen LogP contribution in [-0.2, 0) is 6.18 Å². The molecular weight excluding hydrogens is 229 g/mol. The van der Waals surface area contributed by atoms with Crippen molar-refractivity contribution in [3.8, 4) is 0 Å². The van der Waals surface area contributed by atoms with Gasteiger partial charge in [-0.1, -0.05) is 18.5 Å². The smallest absolute Gasteiger partial charge is 0.395 e. The second kappa shape index (κ2) is 4.41. The molecule has 0 aliphatic heterocycles. The summed E-state index contributed by atoms with van der Waals surface area (Å²) in [7, 11) is 0. The predicted molar refractivity (Wildman–Crippen MR) is 51.6 cm³/mol. The number of benzene rings is 1. The molecule has 0 saturated carbocycles. The maximum Gasteiger partial charge on any atom is 0.416 e. The molecule has 0 spiro atoms. The Bertz CT molecular complexity index is 349. The molecule has 0 aliphatic carbocycles. The highest BCUT2D eigenvalue weighted by Gasteiger charge is 2.31. The van der Waals surface area contributed by atoms with Gasteiger partial charge in [0.05, 0.1) is 12.2 Å². The van der Waals surface area contributed by atoms with Gasteiger partial charge in [-0.05, 0) is 23.8 Å². The van der Waals surface area contributed by atoms with Gasteiger partial charge in [-0.25, -0.2) is 0 Å². The number of hydrogen-bond acceptors (Lipinski definition) is 1. The van der Waals surface area contributed by atoms with Crippen molar-refractivity contribution >= 4 is 11.6 Å². The van der Waals surface area contributed by atoms with Gasteiger partial charge in [0.25, 0.3) is 0 Å². The van der Waals surface area contributed by atoms with Gasteiger partial charge in [0.15, 0.2) is 0 Å². The Kier molecular flexibility index (Phi) is 3.62. The summed E-state index contributed by atoms with van der Waals surface area (Å²) in [6.45, 7) is 1.21. The lowest BCUT2D eigenvalue weighted by Crippen LogP contribution is -2.08. The van der Waals surface area contributed by atoms with E-state index in [4.69, 9.17) is 16.7 Å². The van der Waals surface area contributed by atoms with Crippen molar-refractivity contribution in [1.82, 2.24) is 0 Å². The third kappa shape index (κ3) is 2.86. The lowest BCUT2D eigenvalue weighted by atomic mass is 9.99. The molecule has 0 saturated heterocycles. The van der Waals surface area contributed by atoms with Crippen molar-refractivity contribution in [2.45, 2.75) is 13.1 Å². The van der Waals surface area contributed by atoms with Crippen LogP contribution in [0.15, 0.2) is 18.2 Å². The second-order valence-electron chi connectivity index (χ2n) is 3.13. The van der Waals surface area contributed by atoms with Gasteiger partial charge in [-0.15, -0.1) is 0 Å². The van der Waals surface area contributed by atoms with Crippen molar-refractivity contribution in [3.05, 3.63) is 40.3 Å². The van der Waals surface area contributed by atoms with E-state index < -0.39 is 11.7 Å². The van der Waals surface area contributed by atoms with Crippen molar-refractivity contribution in [3.63, 3.8) is 0 Å². The van der Waals surface area contributed by atoms with E-state index in [0.29, 0.717) is 5.92 Å². The van der Waals surface area contributed by atoms with Crippen molar-refractivity contribution in [1.29, 1.82) is 0 Å². The van der Waals surface area contributed by atoms with E-state index in [0.717, 1.165) is 12.1 Å². The average molecular weight is 238 g/mol. The molecule has 1 nitrogen and oxygen atoms in total. The van der Waals surface area contributed by atoms with E-state index in [9.17, 15) is 13.2 Å². The van der Waals surface area contributed by atoms with Gasteiger partial charge in [-0.3, -0.25) is 0 Å². The normalized spacial score (nSPS) is 12.2. The summed E-state index contributed by atoms with van der Waals surface area (Å²) < 4.78 is 37.1. The lowest BCUT2D eigenvalue weighted by molar-refractivity contribution is -0.137. The van der Waals surface area contributed by atoms with Crippen LogP contribution in [-0.4, -0.2) is 11.7 Å². The van der Waals surface area contributed by atoms with Gasteiger partial charge in [0.1, 0.15) is 0 Å². The van der Waals surface area contributed by atoms with Crippen LogP contribution < -0.4 is 0 Å². The van der Waals surface area contributed by atoms with E-state index in [1.54, 1.807) is 0 Å². The van der Waals surface area contributed by atoms with E-state index in [-0.39, 0.29) is 17.2 Å². The Balaban J connectivity index is 3.17. The third-order valence-electron chi connectivity index (χ3n) is 1.99. The summed E-state index contributed by atoms with van der Waals surface area (Å²) in [5.41, 5.74) is -0.538. The van der Waals surface area contributed by atoms with Gasteiger partial charge < -0.3 is 5.11 Å². The molecule has 1 rings (SSSR count). The summed E-state index contributed by atoms with van der Waals surface area (Å²) in [5.74, 6) is 0.408. The monoisotopic (exact) mass is 237 g/mol. The SMILES string of the molecule is C[C](CO)c1cc(C(F)(F)F)ccc1Cl. The first-order valence-electron chi connectivity index (χ1n) is 4.16. The van der Waals surface area contributed by atoms with Gasteiger partial charge in [0.2, 0.25) is 0 Å². The molecule has 0 fully saturated rings. The maximum absolute atomic E-state index is 12.4. The molecular formula is C10H9ClF3O. The molecule has 15 heavy (non-hydrogen) atoms. The van der Waals surface area contributed by atoms with E-state index >= 15 is 0 Å². The standard InChI is InChI=1S/C10H9ClF3O/c1-6(5-15)8-4-7(10(12,13)14)2-3-9(8)11/h2-4,15H,5H2,1H3.